The van der Waals surface area contributed by atoms with Gasteiger partial charge in [-0.25, -0.2) is 13.6 Å². The van der Waals surface area contributed by atoms with E-state index in [1.54, 1.807) is 0 Å². The molecule has 0 saturated heterocycles. The summed E-state index contributed by atoms with van der Waals surface area (Å²) < 4.78 is 21.1. The Kier molecular flexibility index (Phi) is 3.13. The van der Waals surface area contributed by atoms with Crippen molar-refractivity contribution < 1.29 is 13.2 Å². The summed E-state index contributed by atoms with van der Waals surface area (Å²) in [6, 6.07) is 0. The first kappa shape index (κ1) is 11.4. The molecule has 14 heavy (non-hydrogen) atoms. The van der Waals surface area contributed by atoms with Crippen molar-refractivity contribution in [2.24, 2.45) is 10.9 Å². The van der Waals surface area contributed by atoms with Crippen molar-refractivity contribution in [2.75, 3.05) is 12.3 Å². The fourth-order valence-corrected chi connectivity index (χ4v) is 1.65. The van der Waals surface area contributed by atoms with Gasteiger partial charge in [0.25, 0.3) is 0 Å². The van der Waals surface area contributed by atoms with Crippen molar-refractivity contribution in [3.8, 4) is 0 Å². The lowest BCUT2D eigenvalue weighted by atomic mass is 9.77. The van der Waals surface area contributed by atoms with Gasteiger partial charge in [0.1, 0.15) is 0 Å². The van der Waals surface area contributed by atoms with Crippen LogP contribution >= 0.6 is 0 Å². The number of sulfonamides is 1. The molecule has 1 rings (SSSR count). The van der Waals surface area contributed by atoms with E-state index in [2.05, 4.69) is 5.32 Å². The topological polar surface area (TPSA) is 115 Å². The molecule has 0 radical (unpaired) electrons. The molecule has 0 aromatic heterocycles. The molecular formula is C7H15N3O3S. The van der Waals surface area contributed by atoms with E-state index in [4.69, 9.17) is 10.9 Å². The van der Waals surface area contributed by atoms with Crippen LogP contribution in [0.1, 0.15) is 19.3 Å². The first-order valence-electron chi connectivity index (χ1n) is 4.41. The third kappa shape index (κ3) is 2.93. The average Bonchev–Trinajstić information content (AvgIpc) is 1.97. The molecule has 0 bridgehead atoms. The third-order valence-electron chi connectivity index (χ3n) is 2.37. The standard InChI is InChI=1S/C7H15N3O3S/c8-7(2-1-3-7)6(11)10-4-5-14(9,12)13/h1-5,8H2,(H,10,11)(H2,9,12,13). The molecule has 0 heterocycles. The number of nitrogens with two attached hydrogens (primary N) is 2. The summed E-state index contributed by atoms with van der Waals surface area (Å²) in [5, 5.41) is 7.23. The second-order valence-electron chi connectivity index (χ2n) is 3.63. The number of carbonyl (C=O) groups is 1. The summed E-state index contributed by atoms with van der Waals surface area (Å²) in [6.45, 7) is 0.0244. The summed E-state index contributed by atoms with van der Waals surface area (Å²) in [7, 11) is -3.51. The van der Waals surface area contributed by atoms with Gasteiger partial charge in [0, 0.05) is 6.54 Å². The lowest BCUT2D eigenvalue weighted by Gasteiger charge is -2.36. The minimum Gasteiger partial charge on any atom is -0.353 e. The second kappa shape index (κ2) is 3.84. The van der Waals surface area contributed by atoms with E-state index < -0.39 is 15.6 Å². The maximum atomic E-state index is 11.4. The van der Waals surface area contributed by atoms with Gasteiger partial charge in [-0.15, -0.1) is 0 Å². The molecule has 1 aliphatic carbocycles. The molecule has 0 unspecified atom stereocenters. The maximum Gasteiger partial charge on any atom is 0.240 e. The predicted molar refractivity (Wildman–Crippen MR) is 51.8 cm³/mol. The van der Waals surface area contributed by atoms with Crippen LogP contribution in [0.2, 0.25) is 0 Å². The quantitative estimate of drug-likeness (QED) is 0.523. The highest BCUT2D eigenvalue weighted by Gasteiger charge is 2.39. The summed E-state index contributed by atoms with van der Waals surface area (Å²) >= 11 is 0. The van der Waals surface area contributed by atoms with Crippen LogP contribution in [-0.2, 0) is 14.8 Å². The van der Waals surface area contributed by atoms with E-state index in [9.17, 15) is 13.2 Å². The third-order valence-corrected chi connectivity index (χ3v) is 3.14. The first-order chi connectivity index (χ1) is 6.33. The molecule has 6 nitrogen and oxygen atoms in total. The molecule has 1 aliphatic rings. The van der Waals surface area contributed by atoms with Crippen LogP contribution in [0.25, 0.3) is 0 Å². The van der Waals surface area contributed by atoms with Crippen LogP contribution in [0.5, 0.6) is 0 Å². The summed E-state index contributed by atoms with van der Waals surface area (Å²) in [5.74, 6) is -0.540. The van der Waals surface area contributed by atoms with Gasteiger partial charge in [-0.3, -0.25) is 4.79 Å². The Hall–Kier alpha value is -0.660. The molecular weight excluding hydrogens is 206 g/mol. The minimum absolute atomic E-state index is 0.0244. The van der Waals surface area contributed by atoms with Gasteiger partial charge >= 0.3 is 0 Å². The van der Waals surface area contributed by atoms with Crippen LogP contribution in [0.3, 0.4) is 0 Å². The Morgan fingerprint density at radius 3 is 2.36 bits per heavy atom. The fourth-order valence-electron chi connectivity index (χ4n) is 1.27. The maximum absolute atomic E-state index is 11.4. The minimum atomic E-state index is -3.51. The highest BCUT2D eigenvalue weighted by molar-refractivity contribution is 7.89. The number of primary sulfonamides is 1. The fraction of sp³-hybridized carbons (Fsp3) is 0.857. The van der Waals surface area contributed by atoms with Crippen LogP contribution < -0.4 is 16.2 Å². The molecule has 0 spiro atoms. The molecule has 1 amide bonds. The Morgan fingerprint density at radius 1 is 1.43 bits per heavy atom. The number of hydrogen-bond acceptors (Lipinski definition) is 4. The van der Waals surface area contributed by atoms with Crippen LogP contribution in [0.15, 0.2) is 0 Å². The molecule has 5 N–H and O–H groups in total. The number of carbonyl (C=O) groups excluding carboxylic acids is 1. The normalized spacial score (nSPS) is 19.9. The van der Waals surface area contributed by atoms with E-state index in [-0.39, 0.29) is 18.2 Å². The number of nitrogens with one attached hydrogen (secondary N) is 1. The molecule has 0 aliphatic heterocycles. The monoisotopic (exact) mass is 221 g/mol. The van der Waals surface area contributed by atoms with E-state index in [1.165, 1.54) is 0 Å². The van der Waals surface area contributed by atoms with Crippen molar-refractivity contribution in [2.45, 2.75) is 24.8 Å². The van der Waals surface area contributed by atoms with Crippen LogP contribution in [0.4, 0.5) is 0 Å². The highest BCUT2D eigenvalue weighted by atomic mass is 32.2. The number of amides is 1. The van der Waals surface area contributed by atoms with Crippen molar-refractivity contribution in [1.82, 2.24) is 5.32 Å². The summed E-state index contributed by atoms with van der Waals surface area (Å²) in [5.41, 5.74) is 4.92. The Balaban J connectivity index is 2.29. The lowest BCUT2D eigenvalue weighted by Crippen LogP contribution is -2.59. The largest absolute Gasteiger partial charge is 0.353 e. The van der Waals surface area contributed by atoms with Crippen LogP contribution in [-0.4, -0.2) is 32.2 Å². The molecule has 7 heteroatoms. The Bertz CT molecular complexity index is 321. The predicted octanol–water partition coefficient (Wildman–Crippen LogP) is -1.73. The van der Waals surface area contributed by atoms with E-state index in [0.29, 0.717) is 12.8 Å². The van der Waals surface area contributed by atoms with Gasteiger partial charge in [-0.1, -0.05) is 0 Å². The molecule has 1 fully saturated rings. The molecule has 82 valence electrons. The molecule has 0 aromatic carbocycles. The van der Waals surface area contributed by atoms with Gasteiger partial charge in [-0.05, 0) is 19.3 Å². The van der Waals surface area contributed by atoms with Crippen molar-refractivity contribution in [3.05, 3.63) is 0 Å². The summed E-state index contributed by atoms with van der Waals surface area (Å²) in [6.07, 6.45) is 2.27. The van der Waals surface area contributed by atoms with Gasteiger partial charge in [-0.2, -0.15) is 0 Å². The zero-order valence-corrected chi connectivity index (χ0v) is 8.64. The van der Waals surface area contributed by atoms with Crippen molar-refractivity contribution >= 4 is 15.9 Å². The second-order valence-corrected chi connectivity index (χ2v) is 5.37. The number of hydrogen-bond donors (Lipinski definition) is 3. The first-order valence-corrected chi connectivity index (χ1v) is 6.13. The van der Waals surface area contributed by atoms with Gasteiger partial charge in [0.15, 0.2) is 0 Å². The zero-order chi connectivity index (χ0) is 10.8. The lowest BCUT2D eigenvalue weighted by molar-refractivity contribution is -0.129. The SMILES string of the molecule is NC1(C(=O)NCCS(N)(=O)=O)CCC1. The smallest absolute Gasteiger partial charge is 0.240 e. The van der Waals surface area contributed by atoms with Gasteiger partial charge in [0.05, 0.1) is 11.3 Å². The van der Waals surface area contributed by atoms with E-state index in [0.717, 1.165) is 6.42 Å². The number of rotatable bonds is 4. The Morgan fingerprint density at radius 2 is 2.00 bits per heavy atom. The molecule has 1 saturated carbocycles. The zero-order valence-electron chi connectivity index (χ0n) is 7.82. The molecule has 0 aromatic rings. The van der Waals surface area contributed by atoms with Crippen LogP contribution in [0, 0.1) is 0 Å². The van der Waals surface area contributed by atoms with Gasteiger partial charge in [0.2, 0.25) is 15.9 Å². The van der Waals surface area contributed by atoms with Crippen molar-refractivity contribution in [3.63, 3.8) is 0 Å². The average molecular weight is 221 g/mol. The van der Waals surface area contributed by atoms with E-state index >= 15 is 0 Å². The Labute approximate surface area is 83.1 Å². The van der Waals surface area contributed by atoms with Gasteiger partial charge < -0.3 is 11.1 Å². The highest BCUT2D eigenvalue weighted by Crippen LogP contribution is 2.28. The molecule has 0 atom stereocenters. The van der Waals surface area contributed by atoms with Crippen molar-refractivity contribution in [1.29, 1.82) is 0 Å². The summed E-state index contributed by atoms with van der Waals surface area (Å²) in [4.78, 5) is 11.4. The van der Waals surface area contributed by atoms with E-state index in [1.807, 2.05) is 0 Å².